The van der Waals surface area contributed by atoms with E-state index in [0.717, 1.165) is 49.7 Å². The fourth-order valence-electron chi connectivity index (χ4n) is 2.82. The van der Waals surface area contributed by atoms with E-state index < -0.39 is 10.1 Å². The smallest absolute Gasteiger partial charge is 0.282 e. The third-order valence-corrected chi connectivity index (χ3v) is 5.03. The minimum atomic E-state index is -4.13. The van der Waals surface area contributed by atoms with Crippen LogP contribution in [0.2, 0.25) is 0 Å². The molecule has 1 N–H and O–H groups in total. The molecule has 0 radical (unpaired) electrons. The topological polar surface area (TPSA) is 54.4 Å². The number of unbranched alkanes of at least 4 members (excludes halogenated alkanes) is 6. The second-order valence-corrected chi connectivity index (χ2v) is 7.38. The summed E-state index contributed by atoms with van der Waals surface area (Å²) in [5, 5.41) is 0. The van der Waals surface area contributed by atoms with Gasteiger partial charge in [-0.2, -0.15) is 8.42 Å². The van der Waals surface area contributed by atoms with Crippen LogP contribution in [0.4, 0.5) is 0 Å². The van der Waals surface area contributed by atoms with Gasteiger partial charge in [0.1, 0.15) is 0 Å². The van der Waals surface area contributed by atoms with Crippen LogP contribution in [-0.4, -0.2) is 13.0 Å². The van der Waals surface area contributed by atoms with E-state index in [1.165, 1.54) is 31.7 Å². The van der Waals surface area contributed by atoms with Crippen molar-refractivity contribution in [3.05, 3.63) is 29.3 Å². The summed E-state index contributed by atoms with van der Waals surface area (Å²) in [5.41, 5.74) is 1.90. The van der Waals surface area contributed by atoms with E-state index in [1.54, 1.807) is 6.07 Å². The molecule has 0 amide bonds. The predicted molar refractivity (Wildman–Crippen MR) is 91.9 cm³/mol. The van der Waals surface area contributed by atoms with Gasteiger partial charge in [-0.15, -0.1) is 0 Å². The molecule has 0 heterocycles. The lowest BCUT2D eigenvalue weighted by molar-refractivity contribution is 0.481. The molecule has 0 saturated carbocycles. The van der Waals surface area contributed by atoms with Gasteiger partial charge in [0.05, 0.1) is 4.90 Å². The molecule has 0 aliphatic rings. The predicted octanol–water partition coefficient (Wildman–Crippen LogP) is 5.18. The van der Waals surface area contributed by atoms with Crippen LogP contribution in [0.5, 0.6) is 0 Å². The Labute approximate surface area is 135 Å². The van der Waals surface area contributed by atoms with Crippen molar-refractivity contribution in [2.45, 2.75) is 83.0 Å². The minimum Gasteiger partial charge on any atom is -0.282 e. The van der Waals surface area contributed by atoms with Crippen molar-refractivity contribution in [3.8, 4) is 0 Å². The highest BCUT2D eigenvalue weighted by atomic mass is 32.2. The van der Waals surface area contributed by atoms with Gasteiger partial charge in [0.2, 0.25) is 0 Å². The highest BCUT2D eigenvalue weighted by molar-refractivity contribution is 7.85. The van der Waals surface area contributed by atoms with Crippen LogP contribution in [0, 0.1) is 0 Å². The van der Waals surface area contributed by atoms with Gasteiger partial charge in [0, 0.05) is 0 Å². The molecule has 0 aliphatic heterocycles. The molecule has 3 nitrogen and oxygen atoms in total. The Morgan fingerprint density at radius 2 is 1.50 bits per heavy atom. The Hall–Kier alpha value is -0.870. The molecule has 0 bridgehead atoms. The minimum absolute atomic E-state index is 0.106. The fourth-order valence-corrected chi connectivity index (χ4v) is 3.62. The van der Waals surface area contributed by atoms with Gasteiger partial charge in [-0.1, -0.05) is 64.5 Å². The monoisotopic (exact) mass is 326 g/mol. The summed E-state index contributed by atoms with van der Waals surface area (Å²) >= 11 is 0. The zero-order chi connectivity index (χ0) is 16.4. The van der Waals surface area contributed by atoms with Gasteiger partial charge in [-0.25, -0.2) is 0 Å². The van der Waals surface area contributed by atoms with Gasteiger partial charge in [-0.05, 0) is 42.9 Å². The van der Waals surface area contributed by atoms with Gasteiger partial charge < -0.3 is 0 Å². The molecule has 1 aromatic carbocycles. The molecule has 0 unspecified atom stereocenters. The Morgan fingerprint density at radius 1 is 0.864 bits per heavy atom. The zero-order valence-electron chi connectivity index (χ0n) is 14.0. The van der Waals surface area contributed by atoms with E-state index in [0.29, 0.717) is 0 Å². The largest absolute Gasteiger partial charge is 0.294 e. The summed E-state index contributed by atoms with van der Waals surface area (Å²) in [6.07, 6.45) is 10.8. The second kappa shape index (κ2) is 10.0. The van der Waals surface area contributed by atoms with Crippen molar-refractivity contribution in [2.24, 2.45) is 0 Å². The van der Waals surface area contributed by atoms with E-state index >= 15 is 0 Å². The van der Waals surface area contributed by atoms with E-state index in [2.05, 4.69) is 13.8 Å². The van der Waals surface area contributed by atoms with E-state index in [1.807, 2.05) is 6.07 Å². The van der Waals surface area contributed by atoms with Crippen LogP contribution in [0.25, 0.3) is 0 Å². The molecule has 22 heavy (non-hydrogen) atoms. The molecule has 1 rings (SSSR count). The Kier molecular flexibility index (Phi) is 8.72. The van der Waals surface area contributed by atoms with Crippen molar-refractivity contribution in [3.63, 3.8) is 0 Å². The van der Waals surface area contributed by atoms with E-state index in [9.17, 15) is 13.0 Å². The molecule has 4 heteroatoms. The quantitative estimate of drug-likeness (QED) is 0.450. The number of benzene rings is 1. The summed E-state index contributed by atoms with van der Waals surface area (Å²) in [6.45, 7) is 4.32. The lowest BCUT2D eigenvalue weighted by Crippen LogP contribution is -2.07. The average Bonchev–Trinajstić information content (AvgIpc) is 2.48. The fraction of sp³-hybridized carbons (Fsp3) is 0.667. The van der Waals surface area contributed by atoms with Crippen LogP contribution in [0.1, 0.15) is 76.3 Å². The summed E-state index contributed by atoms with van der Waals surface area (Å²) < 4.78 is 32.7. The van der Waals surface area contributed by atoms with Crippen LogP contribution in [0.15, 0.2) is 23.1 Å². The van der Waals surface area contributed by atoms with Crippen molar-refractivity contribution in [1.29, 1.82) is 0 Å². The number of hydrogen-bond acceptors (Lipinski definition) is 2. The first kappa shape index (κ1) is 19.2. The highest BCUT2D eigenvalue weighted by Crippen LogP contribution is 2.24. The molecule has 0 aromatic heterocycles. The molecule has 0 saturated heterocycles. The SMILES string of the molecule is CCCCCCCCc1c(CCCC)cccc1S(=O)(=O)O. The van der Waals surface area contributed by atoms with Crippen molar-refractivity contribution < 1.29 is 13.0 Å². The number of aryl methyl sites for hydroxylation is 1. The molecule has 1 aromatic rings. The summed E-state index contributed by atoms with van der Waals surface area (Å²) in [6, 6.07) is 5.26. The lowest BCUT2D eigenvalue weighted by Gasteiger charge is -2.13. The molecule has 0 fully saturated rings. The Morgan fingerprint density at radius 3 is 2.14 bits per heavy atom. The first-order chi connectivity index (χ1) is 10.5. The zero-order valence-corrected chi connectivity index (χ0v) is 14.8. The Bertz CT molecular complexity index is 535. The van der Waals surface area contributed by atoms with Gasteiger partial charge in [-0.3, -0.25) is 4.55 Å². The number of hydrogen-bond donors (Lipinski definition) is 1. The standard InChI is InChI=1S/C18H30O3S/c1-3-5-7-8-9-10-14-17-16(12-6-4-2)13-11-15-18(17)22(19,20)21/h11,13,15H,3-10,12,14H2,1-2H3,(H,19,20,21). The second-order valence-electron chi connectivity index (χ2n) is 5.99. The molecular formula is C18H30O3S. The van der Waals surface area contributed by atoms with Crippen molar-refractivity contribution in [2.75, 3.05) is 0 Å². The van der Waals surface area contributed by atoms with Crippen LogP contribution < -0.4 is 0 Å². The van der Waals surface area contributed by atoms with Crippen LogP contribution in [0.3, 0.4) is 0 Å². The third-order valence-electron chi connectivity index (χ3n) is 4.09. The molecule has 0 aliphatic carbocycles. The van der Waals surface area contributed by atoms with Gasteiger partial charge in [0.15, 0.2) is 0 Å². The molecule has 126 valence electrons. The Balaban J connectivity index is 2.79. The first-order valence-corrected chi connectivity index (χ1v) is 10.0. The third kappa shape index (κ3) is 6.49. The van der Waals surface area contributed by atoms with Crippen LogP contribution in [-0.2, 0) is 23.0 Å². The van der Waals surface area contributed by atoms with Crippen molar-refractivity contribution >= 4 is 10.1 Å². The average molecular weight is 327 g/mol. The first-order valence-electron chi connectivity index (χ1n) is 8.59. The van der Waals surface area contributed by atoms with E-state index in [4.69, 9.17) is 0 Å². The summed E-state index contributed by atoms with van der Waals surface area (Å²) in [4.78, 5) is 0.106. The number of rotatable bonds is 11. The molecule has 0 spiro atoms. The summed E-state index contributed by atoms with van der Waals surface area (Å²) in [7, 11) is -4.13. The summed E-state index contributed by atoms with van der Waals surface area (Å²) in [5.74, 6) is 0. The highest BCUT2D eigenvalue weighted by Gasteiger charge is 2.17. The van der Waals surface area contributed by atoms with E-state index in [-0.39, 0.29) is 4.90 Å². The molecular weight excluding hydrogens is 296 g/mol. The maximum Gasteiger partial charge on any atom is 0.294 e. The van der Waals surface area contributed by atoms with Gasteiger partial charge >= 0.3 is 0 Å². The normalized spacial score (nSPS) is 11.8. The maximum absolute atomic E-state index is 11.6. The van der Waals surface area contributed by atoms with Crippen LogP contribution >= 0.6 is 0 Å². The lowest BCUT2D eigenvalue weighted by atomic mass is 9.97. The maximum atomic E-state index is 11.6. The van der Waals surface area contributed by atoms with Gasteiger partial charge in [0.25, 0.3) is 10.1 Å². The molecule has 0 atom stereocenters. The van der Waals surface area contributed by atoms with Crippen molar-refractivity contribution in [1.82, 2.24) is 0 Å².